The Kier molecular flexibility index (Phi) is 3.10. The molecule has 1 amide bonds. The highest BCUT2D eigenvalue weighted by atomic mass is 32.2. The lowest BCUT2D eigenvalue weighted by Crippen LogP contribution is -2.40. The molecule has 1 aromatic rings. The van der Waals surface area contributed by atoms with E-state index in [4.69, 9.17) is 4.74 Å². The number of anilines is 1. The van der Waals surface area contributed by atoms with Crippen molar-refractivity contribution in [2.75, 3.05) is 11.6 Å². The molecule has 2 rings (SSSR count). The SMILES string of the molecule is CSc1ccc2c(c1)NC(=O)C(C(C)C)O2. The summed E-state index contributed by atoms with van der Waals surface area (Å²) in [5.74, 6) is 0.880. The van der Waals surface area contributed by atoms with Crippen LogP contribution in [0.5, 0.6) is 5.75 Å². The van der Waals surface area contributed by atoms with Crippen LogP contribution in [0.1, 0.15) is 13.8 Å². The second kappa shape index (κ2) is 4.37. The number of hydrogen-bond acceptors (Lipinski definition) is 3. The molecule has 16 heavy (non-hydrogen) atoms. The molecule has 0 saturated carbocycles. The molecule has 1 N–H and O–H groups in total. The number of carbonyl (C=O) groups excluding carboxylic acids is 1. The highest BCUT2D eigenvalue weighted by Crippen LogP contribution is 2.34. The summed E-state index contributed by atoms with van der Waals surface area (Å²) in [7, 11) is 0. The van der Waals surface area contributed by atoms with Gasteiger partial charge in [0.25, 0.3) is 5.91 Å². The Labute approximate surface area is 99.6 Å². The molecule has 4 heteroatoms. The Morgan fingerprint density at radius 2 is 2.19 bits per heavy atom. The lowest BCUT2D eigenvalue weighted by Gasteiger charge is -2.28. The minimum Gasteiger partial charge on any atom is -0.478 e. The number of hydrogen-bond donors (Lipinski definition) is 1. The maximum atomic E-state index is 11.8. The molecule has 1 unspecified atom stereocenters. The van der Waals surface area contributed by atoms with Crippen LogP contribution in [0.3, 0.4) is 0 Å². The van der Waals surface area contributed by atoms with Crippen LogP contribution in [-0.4, -0.2) is 18.3 Å². The van der Waals surface area contributed by atoms with Gasteiger partial charge in [0.2, 0.25) is 0 Å². The summed E-state index contributed by atoms with van der Waals surface area (Å²) in [5.41, 5.74) is 0.772. The lowest BCUT2D eigenvalue weighted by atomic mass is 10.0. The summed E-state index contributed by atoms with van der Waals surface area (Å²) >= 11 is 1.64. The van der Waals surface area contributed by atoms with Gasteiger partial charge in [0.05, 0.1) is 5.69 Å². The topological polar surface area (TPSA) is 38.3 Å². The van der Waals surface area contributed by atoms with E-state index in [0.717, 1.165) is 16.3 Å². The van der Waals surface area contributed by atoms with Gasteiger partial charge in [0.1, 0.15) is 5.75 Å². The number of fused-ring (bicyclic) bond motifs is 1. The van der Waals surface area contributed by atoms with Gasteiger partial charge >= 0.3 is 0 Å². The Morgan fingerprint density at radius 1 is 1.44 bits per heavy atom. The lowest BCUT2D eigenvalue weighted by molar-refractivity contribution is -0.125. The second-order valence-electron chi connectivity index (χ2n) is 4.13. The van der Waals surface area contributed by atoms with Crippen LogP contribution in [-0.2, 0) is 4.79 Å². The third kappa shape index (κ3) is 2.02. The van der Waals surface area contributed by atoms with Crippen molar-refractivity contribution in [2.24, 2.45) is 5.92 Å². The molecule has 1 aromatic carbocycles. The summed E-state index contributed by atoms with van der Waals surface area (Å²) in [6.07, 6.45) is 1.62. The smallest absolute Gasteiger partial charge is 0.265 e. The summed E-state index contributed by atoms with van der Waals surface area (Å²) in [5, 5.41) is 2.89. The average molecular weight is 237 g/mol. The number of nitrogens with one attached hydrogen (secondary N) is 1. The Balaban J connectivity index is 2.31. The highest BCUT2D eigenvalue weighted by molar-refractivity contribution is 7.98. The quantitative estimate of drug-likeness (QED) is 0.804. The number of thioether (sulfide) groups is 1. The number of rotatable bonds is 2. The van der Waals surface area contributed by atoms with E-state index in [9.17, 15) is 4.79 Å². The first-order valence-corrected chi connectivity index (χ1v) is 6.50. The molecule has 0 aromatic heterocycles. The first kappa shape index (κ1) is 11.3. The van der Waals surface area contributed by atoms with Crippen molar-refractivity contribution < 1.29 is 9.53 Å². The molecule has 1 aliphatic heterocycles. The fraction of sp³-hybridized carbons (Fsp3) is 0.417. The van der Waals surface area contributed by atoms with Crippen LogP contribution in [0.25, 0.3) is 0 Å². The Hall–Kier alpha value is -1.16. The molecule has 0 fully saturated rings. The fourth-order valence-electron chi connectivity index (χ4n) is 1.67. The van der Waals surface area contributed by atoms with Gasteiger partial charge in [0, 0.05) is 4.90 Å². The van der Waals surface area contributed by atoms with E-state index in [-0.39, 0.29) is 17.9 Å². The van der Waals surface area contributed by atoms with Crippen molar-refractivity contribution in [3.63, 3.8) is 0 Å². The van der Waals surface area contributed by atoms with Gasteiger partial charge in [-0.25, -0.2) is 0 Å². The fourth-order valence-corrected chi connectivity index (χ4v) is 2.11. The van der Waals surface area contributed by atoms with Gasteiger partial charge < -0.3 is 10.1 Å². The molecular formula is C12H15NO2S. The molecule has 0 radical (unpaired) electrons. The first-order valence-electron chi connectivity index (χ1n) is 5.27. The minimum absolute atomic E-state index is 0.0549. The molecule has 86 valence electrons. The van der Waals surface area contributed by atoms with E-state index >= 15 is 0 Å². The van der Waals surface area contributed by atoms with Crippen molar-refractivity contribution in [2.45, 2.75) is 24.8 Å². The van der Waals surface area contributed by atoms with E-state index in [1.165, 1.54) is 0 Å². The maximum Gasteiger partial charge on any atom is 0.265 e. The van der Waals surface area contributed by atoms with Gasteiger partial charge in [-0.15, -0.1) is 11.8 Å². The monoisotopic (exact) mass is 237 g/mol. The maximum absolute atomic E-state index is 11.8. The number of carbonyl (C=O) groups is 1. The van der Waals surface area contributed by atoms with Crippen LogP contribution >= 0.6 is 11.8 Å². The van der Waals surface area contributed by atoms with Crippen LogP contribution in [0.2, 0.25) is 0 Å². The van der Waals surface area contributed by atoms with E-state index in [1.54, 1.807) is 11.8 Å². The molecule has 1 atom stereocenters. The molecule has 1 aliphatic rings. The van der Waals surface area contributed by atoms with Crippen LogP contribution in [0.4, 0.5) is 5.69 Å². The predicted molar refractivity (Wildman–Crippen MR) is 66.1 cm³/mol. The van der Waals surface area contributed by atoms with Crippen molar-refractivity contribution >= 4 is 23.4 Å². The van der Waals surface area contributed by atoms with Gasteiger partial charge in [-0.1, -0.05) is 13.8 Å². The second-order valence-corrected chi connectivity index (χ2v) is 5.01. The normalized spacial score (nSPS) is 19.0. The van der Waals surface area contributed by atoms with E-state index in [1.807, 2.05) is 38.3 Å². The van der Waals surface area contributed by atoms with E-state index in [0.29, 0.717) is 0 Å². The van der Waals surface area contributed by atoms with Gasteiger partial charge in [-0.3, -0.25) is 4.79 Å². The largest absolute Gasteiger partial charge is 0.478 e. The van der Waals surface area contributed by atoms with Crippen molar-refractivity contribution in [1.82, 2.24) is 0 Å². The molecular weight excluding hydrogens is 222 g/mol. The van der Waals surface area contributed by atoms with Crippen LogP contribution < -0.4 is 10.1 Å². The zero-order valence-electron chi connectivity index (χ0n) is 9.61. The van der Waals surface area contributed by atoms with Crippen molar-refractivity contribution in [3.05, 3.63) is 18.2 Å². The molecule has 1 heterocycles. The summed E-state index contributed by atoms with van der Waals surface area (Å²) < 4.78 is 5.68. The summed E-state index contributed by atoms with van der Waals surface area (Å²) in [6.45, 7) is 3.96. The number of amides is 1. The van der Waals surface area contributed by atoms with Crippen LogP contribution in [0, 0.1) is 5.92 Å². The predicted octanol–water partition coefficient (Wildman–Crippen LogP) is 2.76. The molecule has 0 saturated heterocycles. The Morgan fingerprint density at radius 3 is 2.81 bits per heavy atom. The van der Waals surface area contributed by atoms with E-state index in [2.05, 4.69) is 5.32 Å². The third-order valence-corrected chi connectivity index (χ3v) is 3.29. The standard InChI is InChI=1S/C12H15NO2S/c1-7(2)11-12(14)13-9-6-8(16-3)4-5-10(9)15-11/h4-7,11H,1-3H3,(H,13,14). The molecule has 3 nitrogen and oxygen atoms in total. The minimum atomic E-state index is -0.382. The van der Waals surface area contributed by atoms with Crippen molar-refractivity contribution in [3.8, 4) is 5.75 Å². The van der Waals surface area contributed by atoms with E-state index < -0.39 is 0 Å². The Bertz CT molecular complexity index is 417. The number of benzene rings is 1. The average Bonchev–Trinajstić information content (AvgIpc) is 2.27. The zero-order valence-corrected chi connectivity index (χ0v) is 10.4. The van der Waals surface area contributed by atoms with Gasteiger partial charge in [0.15, 0.2) is 6.10 Å². The van der Waals surface area contributed by atoms with Gasteiger partial charge in [-0.2, -0.15) is 0 Å². The zero-order chi connectivity index (χ0) is 11.7. The number of ether oxygens (including phenoxy) is 1. The highest BCUT2D eigenvalue weighted by Gasteiger charge is 2.30. The van der Waals surface area contributed by atoms with Crippen molar-refractivity contribution in [1.29, 1.82) is 0 Å². The first-order chi connectivity index (χ1) is 7.61. The van der Waals surface area contributed by atoms with Crippen LogP contribution in [0.15, 0.2) is 23.1 Å². The summed E-state index contributed by atoms with van der Waals surface area (Å²) in [6, 6.07) is 5.85. The molecule has 0 aliphatic carbocycles. The third-order valence-electron chi connectivity index (χ3n) is 2.56. The molecule has 0 bridgehead atoms. The van der Waals surface area contributed by atoms with Gasteiger partial charge in [-0.05, 0) is 30.4 Å². The molecule has 0 spiro atoms. The summed E-state index contributed by atoms with van der Waals surface area (Å²) in [4.78, 5) is 12.9.